The number of nitrogens with one attached hydrogen (secondary N) is 1. The van der Waals surface area contributed by atoms with Crippen molar-refractivity contribution >= 4 is 0 Å². The largest absolute Gasteiger partial charge is 0.493 e. The van der Waals surface area contributed by atoms with Gasteiger partial charge in [0.25, 0.3) is 0 Å². The molecule has 0 aromatic heterocycles. The molecular formula is C18H20N2O. The first kappa shape index (κ1) is 12.9. The lowest BCUT2D eigenvalue weighted by atomic mass is 9.96. The molecule has 2 aliphatic rings. The molecule has 4 rings (SSSR count). The van der Waals surface area contributed by atoms with Crippen LogP contribution in [0.25, 0.3) is 0 Å². The molecule has 3 nitrogen and oxygen atoms in total. The third-order valence-electron chi connectivity index (χ3n) is 4.76. The third kappa shape index (κ3) is 2.23. The van der Waals surface area contributed by atoms with Crippen molar-refractivity contribution in [3.63, 3.8) is 0 Å². The monoisotopic (exact) mass is 280 g/mol. The van der Waals surface area contributed by atoms with Crippen LogP contribution in [0, 0.1) is 5.92 Å². The van der Waals surface area contributed by atoms with Gasteiger partial charge in [0, 0.05) is 12.0 Å². The molecule has 0 saturated heterocycles. The Labute approximate surface area is 125 Å². The molecule has 0 radical (unpaired) electrons. The van der Waals surface area contributed by atoms with E-state index in [1.54, 1.807) is 0 Å². The minimum absolute atomic E-state index is 0.170. The van der Waals surface area contributed by atoms with Crippen LogP contribution in [0.15, 0.2) is 48.5 Å². The number of nitrogens with two attached hydrogens (primary N) is 1. The minimum Gasteiger partial charge on any atom is -0.493 e. The summed E-state index contributed by atoms with van der Waals surface area (Å²) in [6.07, 6.45) is 2.19. The van der Waals surface area contributed by atoms with E-state index < -0.39 is 0 Å². The van der Waals surface area contributed by atoms with Gasteiger partial charge in [-0.15, -0.1) is 0 Å². The van der Waals surface area contributed by atoms with Crippen molar-refractivity contribution in [2.45, 2.75) is 24.8 Å². The average molecular weight is 280 g/mol. The Morgan fingerprint density at radius 3 is 2.76 bits per heavy atom. The smallest absolute Gasteiger partial charge is 0.127 e. The van der Waals surface area contributed by atoms with Gasteiger partial charge in [-0.25, -0.2) is 0 Å². The van der Waals surface area contributed by atoms with Crippen molar-refractivity contribution in [3.8, 4) is 5.75 Å². The molecule has 1 saturated carbocycles. The van der Waals surface area contributed by atoms with Crippen LogP contribution >= 0.6 is 0 Å². The Balaban J connectivity index is 1.61. The molecule has 21 heavy (non-hydrogen) atoms. The minimum atomic E-state index is 0.170. The Hall–Kier alpha value is -1.84. The second kappa shape index (κ2) is 5.17. The highest BCUT2D eigenvalue weighted by Gasteiger charge is 2.45. The lowest BCUT2D eigenvalue weighted by molar-refractivity contribution is 0.345. The van der Waals surface area contributed by atoms with Gasteiger partial charge >= 0.3 is 0 Å². The molecule has 1 aliphatic carbocycles. The normalized spacial score (nSPS) is 24.2. The molecule has 2 aromatic rings. The van der Waals surface area contributed by atoms with E-state index in [1.807, 2.05) is 0 Å². The SMILES string of the molecule is NNC(c1cccc2c1OCC2)C1CC1c1ccccc1. The van der Waals surface area contributed by atoms with Gasteiger partial charge in [-0.05, 0) is 29.4 Å². The summed E-state index contributed by atoms with van der Waals surface area (Å²) < 4.78 is 5.84. The molecule has 1 heterocycles. The van der Waals surface area contributed by atoms with Gasteiger partial charge in [-0.2, -0.15) is 0 Å². The van der Waals surface area contributed by atoms with Crippen molar-refractivity contribution in [2.24, 2.45) is 11.8 Å². The van der Waals surface area contributed by atoms with E-state index >= 15 is 0 Å². The van der Waals surface area contributed by atoms with Gasteiger partial charge in [0.05, 0.1) is 12.6 Å². The number of ether oxygens (including phenoxy) is 1. The van der Waals surface area contributed by atoms with E-state index in [-0.39, 0.29) is 6.04 Å². The summed E-state index contributed by atoms with van der Waals surface area (Å²) in [6, 6.07) is 17.3. The molecule has 3 heteroatoms. The molecule has 3 atom stereocenters. The Kier molecular flexibility index (Phi) is 3.17. The Morgan fingerprint density at radius 1 is 1.10 bits per heavy atom. The van der Waals surface area contributed by atoms with Gasteiger partial charge in [-0.3, -0.25) is 11.3 Å². The molecule has 3 unspecified atom stereocenters. The maximum absolute atomic E-state index is 5.87. The maximum Gasteiger partial charge on any atom is 0.127 e. The number of hydrogen-bond donors (Lipinski definition) is 2. The molecule has 0 bridgehead atoms. The van der Waals surface area contributed by atoms with Crippen molar-refractivity contribution in [2.75, 3.05) is 6.61 Å². The Bertz CT molecular complexity index is 641. The van der Waals surface area contributed by atoms with Crippen LogP contribution in [0.5, 0.6) is 5.75 Å². The van der Waals surface area contributed by atoms with Crippen LogP contribution in [-0.2, 0) is 6.42 Å². The summed E-state index contributed by atoms with van der Waals surface area (Å²) in [5.74, 6) is 8.08. The first-order valence-electron chi connectivity index (χ1n) is 7.64. The average Bonchev–Trinajstić information content (AvgIpc) is 3.16. The summed E-state index contributed by atoms with van der Waals surface area (Å²) >= 11 is 0. The number of para-hydroxylation sites is 1. The molecule has 2 aromatic carbocycles. The Morgan fingerprint density at radius 2 is 1.95 bits per heavy atom. The van der Waals surface area contributed by atoms with E-state index in [4.69, 9.17) is 10.6 Å². The third-order valence-corrected chi connectivity index (χ3v) is 4.76. The highest BCUT2D eigenvalue weighted by molar-refractivity contribution is 5.47. The van der Waals surface area contributed by atoms with E-state index in [0.29, 0.717) is 11.8 Å². The number of rotatable bonds is 4. The van der Waals surface area contributed by atoms with Crippen LogP contribution in [0.2, 0.25) is 0 Å². The summed E-state index contributed by atoms with van der Waals surface area (Å²) in [7, 11) is 0. The van der Waals surface area contributed by atoms with E-state index in [1.165, 1.54) is 23.1 Å². The summed E-state index contributed by atoms with van der Waals surface area (Å²) in [5.41, 5.74) is 6.97. The number of hydrogen-bond acceptors (Lipinski definition) is 3. The highest BCUT2D eigenvalue weighted by Crippen LogP contribution is 2.55. The van der Waals surface area contributed by atoms with Crippen LogP contribution in [0.1, 0.15) is 35.1 Å². The molecular weight excluding hydrogens is 260 g/mol. The molecule has 3 N–H and O–H groups in total. The van der Waals surface area contributed by atoms with E-state index in [2.05, 4.69) is 54.0 Å². The van der Waals surface area contributed by atoms with Crippen molar-refractivity contribution in [1.29, 1.82) is 0 Å². The first-order chi connectivity index (χ1) is 10.4. The van der Waals surface area contributed by atoms with Gasteiger partial charge in [0.2, 0.25) is 0 Å². The zero-order valence-electron chi connectivity index (χ0n) is 12.0. The number of hydrazine groups is 1. The number of fused-ring (bicyclic) bond motifs is 1. The predicted octanol–water partition coefficient (Wildman–Crippen LogP) is 2.93. The molecule has 1 fully saturated rings. The van der Waals surface area contributed by atoms with E-state index in [0.717, 1.165) is 18.8 Å². The fourth-order valence-corrected chi connectivity index (χ4v) is 3.60. The highest BCUT2D eigenvalue weighted by atomic mass is 16.5. The zero-order chi connectivity index (χ0) is 14.2. The quantitative estimate of drug-likeness (QED) is 0.668. The fourth-order valence-electron chi connectivity index (χ4n) is 3.60. The molecule has 0 amide bonds. The molecule has 0 spiro atoms. The molecule has 108 valence electrons. The first-order valence-corrected chi connectivity index (χ1v) is 7.64. The summed E-state index contributed by atoms with van der Waals surface area (Å²) in [4.78, 5) is 0. The second-order valence-corrected chi connectivity index (χ2v) is 6.00. The zero-order valence-corrected chi connectivity index (χ0v) is 12.0. The van der Waals surface area contributed by atoms with Crippen molar-refractivity contribution in [3.05, 3.63) is 65.2 Å². The van der Waals surface area contributed by atoms with Gasteiger partial charge in [-0.1, -0.05) is 48.5 Å². The standard InChI is InChI=1S/C18H20N2O/c19-20-17(14-8-4-7-13-9-10-21-18(13)14)16-11-15(16)12-5-2-1-3-6-12/h1-8,15-17,20H,9-11,19H2. The lowest BCUT2D eigenvalue weighted by Gasteiger charge is -2.19. The summed E-state index contributed by atoms with van der Waals surface area (Å²) in [6.45, 7) is 0.788. The predicted molar refractivity (Wildman–Crippen MR) is 83.0 cm³/mol. The van der Waals surface area contributed by atoms with Crippen LogP contribution < -0.4 is 16.0 Å². The molecule has 1 aliphatic heterocycles. The second-order valence-electron chi connectivity index (χ2n) is 6.00. The van der Waals surface area contributed by atoms with E-state index in [9.17, 15) is 0 Å². The topological polar surface area (TPSA) is 47.3 Å². The fraction of sp³-hybridized carbons (Fsp3) is 0.333. The summed E-state index contributed by atoms with van der Waals surface area (Å²) in [5, 5.41) is 0. The van der Waals surface area contributed by atoms with Gasteiger partial charge in [0.15, 0.2) is 0 Å². The maximum atomic E-state index is 5.87. The van der Waals surface area contributed by atoms with Gasteiger partial charge in [0.1, 0.15) is 5.75 Å². The number of benzene rings is 2. The van der Waals surface area contributed by atoms with Gasteiger partial charge < -0.3 is 4.74 Å². The lowest BCUT2D eigenvalue weighted by Crippen LogP contribution is -2.30. The van der Waals surface area contributed by atoms with Crippen molar-refractivity contribution in [1.82, 2.24) is 5.43 Å². The van der Waals surface area contributed by atoms with Crippen LogP contribution in [0.4, 0.5) is 0 Å². The van der Waals surface area contributed by atoms with Crippen LogP contribution in [0.3, 0.4) is 0 Å². The van der Waals surface area contributed by atoms with Crippen LogP contribution in [-0.4, -0.2) is 6.61 Å². The van der Waals surface area contributed by atoms with Crippen molar-refractivity contribution < 1.29 is 4.74 Å².